The molecule has 0 aromatic carbocycles. The van der Waals surface area contributed by atoms with Gasteiger partial charge in [0.15, 0.2) is 0 Å². The van der Waals surface area contributed by atoms with E-state index in [0.717, 1.165) is 96.3 Å². The van der Waals surface area contributed by atoms with Crippen molar-refractivity contribution < 1.29 is 37.9 Å². The maximum Gasteiger partial charge on any atom is 0.472 e. The van der Waals surface area contributed by atoms with Crippen LogP contribution in [0.15, 0.2) is 85.1 Å². The third-order valence-corrected chi connectivity index (χ3v) is 9.04. The molecule has 0 heterocycles. The highest BCUT2D eigenvalue weighted by molar-refractivity contribution is 7.47. The van der Waals surface area contributed by atoms with Crippen molar-refractivity contribution in [2.45, 2.75) is 155 Å². The summed E-state index contributed by atoms with van der Waals surface area (Å²) >= 11 is 0. The van der Waals surface area contributed by atoms with E-state index >= 15 is 0 Å². The van der Waals surface area contributed by atoms with Gasteiger partial charge in [0.05, 0.1) is 13.2 Å². The Morgan fingerprint density at radius 3 is 1.61 bits per heavy atom. The summed E-state index contributed by atoms with van der Waals surface area (Å²) in [5, 5.41) is 12.7. The maximum atomic E-state index is 12.1. The number of rotatable bonds is 37. The predicted octanol–water partition coefficient (Wildman–Crippen LogP) is 11.3. The molecular formula is C44H74NO8P. The molecule has 1 amide bonds. The molecule has 308 valence electrons. The highest BCUT2D eigenvalue weighted by atomic mass is 31.2. The van der Waals surface area contributed by atoms with Crippen LogP contribution in [-0.4, -0.2) is 54.3 Å². The summed E-state index contributed by atoms with van der Waals surface area (Å²) in [6.45, 7) is 3.31. The number of carbonyl (C=O) groups excluding carboxylic acids is 2. The second-order valence-electron chi connectivity index (χ2n) is 13.2. The highest BCUT2D eigenvalue weighted by Crippen LogP contribution is 2.42. The standard InChI is InChI=1S/C44H74NO8P/c1-3-5-7-9-11-13-15-17-19-20-21-22-23-25-27-29-31-33-35-37-44(48)51-40-42(46)41-53-54(49,50)52-39-38-45-43(47)36-34-32-30-28-26-24-18-16-14-12-10-8-6-4-2/h5,7,10-13,16-19,21-22,25,27,42,46H,3-4,6,8-9,14-15,20,23-24,26,28-41H2,1-2H3,(H,45,47)(H,49,50)/b7-5-,12-10-,13-11-,18-16-,19-17-,22-21-,27-25-. The molecule has 0 fully saturated rings. The van der Waals surface area contributed by atoms with E-state index in [9.17, 15) is 24.2 Å². The lowest BCUT2D eigenvalue weighted by molar-refractivity contribution is -0.147. The van der Waals surface area contributed by atoms with Crippen molar-refractivity contribution in [3.8, 4) is 0 Å². The van der Waals surface area contributed by atoms with Crippen LogP contribution in [0, 0.1) is 0 Å². The molecule has 0 aromatic heterocycles. The largest absolute Gasteiger partial charge is 0.472 e. The van der Waals surface area contributed by atoms with Gasteiger partial charge in [-0.3, -0.25) is 18.6 Å². The van der Waals surface area contributed by atoms with Gasteiger partial charge in [0.1, 0.15) is 12.7 Å². The molecule has 2 atom stereocenters. The monoisotopic (exact) mass is 776 g/mol. The lowest BCUT2D eigenvalue weighted by Gasteiger charge is -2.15. The topological polar surface area (TPSA) is 131 Å². The Hall–Kier alpha value is -2.81. The molecule has 9 nitrogen and oxygen atoms in total. The normalized spacial score (nSPS) is 14.2. The van der Waals surface area contributed by atoms with E-state index in [1.807, 2.05) is 0 Å². The first kappa shape index (κ1) is 51.2. The van der Waals surface area contributed by atoms with Gasteiger partial charge >= 0.3 is 13.8 Å². The Kier molecular flexibility index (Phi) is 37.8. The lowest BCUT2D eigenvalue weighted by Crippen LogP contribution is -2.27. The summed E-state index contributed by atoms with van der Waals surface area (Å²) in [5.74, 6) is -0.572. The van der Waals surface area contributed by atoms with Gasteiger partial charge in [-0.2, -0.15) is 0 Å². The van der Waals surface area contributed by atoms with Gasteiger partial charge in [0.25, 0.3) is 0 Å². The van der Waals surface area contributed by atoms with Gasteiger partial charge in [0, 0.05) is 19.4 Å². The number of phosphoric ester groups is 1. The maximum absolute atomic E-state index is 12.1. The number of esters is 1. The van der Waals surface area contributed by atoms with Crippen molar-refractivity contribution in [3.63, 3.8) is 0 Å². The minimum Gasteiger partial charge on any atom is -0.463 e. The fourth-order valence-electron chi connectivity index (χ4n) is 4.95. The van der Waals surface area contributed by atoms with E-state index < -0.39 is 26.5 Å². The number of hydrogen-bond acceptors (Lipinski definition) is 7. The highest BCUT2D eigenvalue weighted by Gasteiger charge is 2.23. The Labute approximate surface area is 328 Å². The SMILES string of the molecule is CC/C=C\C/C=C\C/C=C\C/C=C\C/C=C\CCCCCC(=O)OCC(O)COP(=O)(O)OCCNC(=O)CCCCCCC/C=C\C/C=C\CCCC. The van der Waals surface area contributed by atoms with Crippen LogP contribution in [0.25, 0.3) is 0 Å². The third kappa shape index (κ3) is 40.4. The average Bonchev–Trinajstić information content (AvgIpc) is 3.16. The Morgan fingerprint density at radius 2 is 1.06 bits per heavy atom. The first-order valence-corrected chi connectivity index (χ1v) is 22.1. The third-order valence-electron chi connectivity index (χ3n) is 8.06. The van der Waals surface area contributed by atoms with Crippen LogP contribution in [0.3, 0.4) is 0 Å². The average molecular weight is 776 g/mol. The molecule has 0 aliphatic rings. The first-order chi connectivity index (χ1) is 26.3. The van der Waals surface area contributed by atoms with Gasteiger partial charge in [-0.25, -0.2) is 4.57 Å². The van der Waals surface area contributed by atoms with Crippen LogP contribution in [0.5, 0.6) is 0 Å². The molecule has 0 saturated heterocycles. The van der Waals surface area contributed by atoms with E-state index in [1.165, 1.54) is 19.3 Å². The number of carbonyl (C=O) groups is 2. The van der Waals surface area contributed by atoms with Crippen LogP contribution in [0.2, 0.25) is 0 Å². The number of nitrogens with one attached hydrogen (secondary N) is 1. The van der Waals surface area contributed by atoms with Crippen molar-refractivity contribution in [3.05, 3.63) is 85.1 Å². The Bertz CT molecular complexity index is 1160. The van der Waals surface area contributed by atoms with E-state index in [2.05, 4.69) is 104 Å². The zero-order chi connectivity index (χ0) is 39.6. The minimum absolute atomic E-state index is 0.0648. The predicted molar refractivity (Wildman–Crippen MR) is 224 cm³/mol. The Balaban J connectivity index is 3.72. The van der Waals surface area contributed by atoms with Crippen LogP contribution in [-0.2, 0) is 27.9 Å². The molecule has 54 heavy (non-hydrogen) atoms. The molecule has 10 heteroatoms. The molecule has 0 rings (SSSR count). The zero-order valence-electron chi connectivity index (χ0n) is 33.6. The molecule has 0 aliphatic carbocycles. The second kappa shape index (κ2) is 39.9. The van der Waals surface area contributed by atoms with E-state index in [1.54, 1.807) is 0 Å². The van der Waals surface area contributed by atoms with E-state index in [4.69, 9.17) is 13.8 Å². The first-order valence-electron chi connectivity index (χ1n) is 20.6. The second-order valence-corrected chi connectivity index (χ2v) is 14.7. The summed E-state index contributed by atoms with van der Waals surface area (Å²) in [5.41, 5.74) is 0. The summed E-state index contributed by atoms with van der Waals surface area (Å²) in [6, 6.07) is 0. The van der Waals surface area contributed by atoms with Crippen molar-refractivity contribution in [2.75, 3.05) is 26.4 Å². The lowest BCUT2D eigenvalue weighted by atomic mass is 10.1. The number of allylic oxidation sites excluding steroid dienone is 14. The fraction of sp³-hybridized carbons (Fsp3) is 0.636. The number of aliphatic hydroxyl groups is 1. The van der Waals surface area contributed by atoms with Gasteiger partial charge in [-0.05, 0) is 83.5 Å². The van der Waals surface area contributed by atoms with Crippen molar-refractivity contribution in [1.82, 2.24) is 5.32 Å². The van der Waals surface area contributed by atoms with Crippen LogP contribution in [0.4, 0.5) is 0 Å². The summed E-state index contributed by atoms with van der Waals surface area (Å²) in [6.07, 6.45) is 49.4. The quantitative estimate of drug-likeness (QED) is 0.0246. The number of aliphatic hydroxyl groups excluding tert-OH is 1. The van der Waals surface area contributed by atoms with Crippen LogP contribution >= 0.6 is 7.82 Å². The molecule has 0 aromatic rings. The van der Waals surface area contributed by atoms with Crippen molar-refractivity contribution in [1.29, 1.82) is 0 Å². The van der Waals surface area contributed by atoms with Crippen LogP contribution in [0.1, 0.15) is 149 Å². The summed E-state index contributed by atoms with van der Waals surface area (Å²) in [7, 11) is -4.43. The molecule has 3 N–H and O–H groups in total. The number of amides is 1. The summed E-state index contributed by atoms with van der Waals surface area (Å²) in [4.78, 5) is 33.8. The molecule has 0 saturated carbocycles. The Morgan fingerprint density at radius 1 is 0.593 bits per heavy atom. The van der Waals surface area contributed by atoms with E-state index in [-0.39, 0.29) is 32.1 Å². The number of ether oxygens (including phenoxy) is 1. The summed E-state index contributed by atoms with van der Waals surface area (Å²) < 4.78 is 26.8. The van der Waals surface area contributed by atoms with Gasteiger partial charge in [0.2, 0.25) is 5.91 Å². The number of phosphoric acid groups is 1. The molecular weight excluding hydrogens is 701 g/mol. The number of hydrogen-bond donors (Lipinski definition) is 3. The van der Waals surface area contributed by atoms with Gasteiger partial charge in [-0.1, -0.05) is 137 Å². The molecule has 2 unspecified atom stereocenters. The van der Waals surface area contributed by atoms with Crippen LogP contribution < -0.4 is 5.32 Å². The fourth-order valence-corrected chi connectivity index (χ4v) is 5.71. The smallest absolute Gasteiger partial charge is 0.463 e. The molecule has 0 radical (unpaired) electrons. The van der Waals surface area contributed by atoms with Gasteiger partial charge < -0.3 is 20.1 Å². The minimum atomic E-state index is -4.43. The number of unbranched alkanes of at least 4 members (excludes halogenated alkanes) is 10. The molecule has 0 aliphatic heterocycles. The van der Waals surface area contributed by atoms with Crippen molar-refractivity contribution >= 4 is 19.7 Å². The van der Waals surface area contributed by atoms with E-state index in [0.29, 0.717) is 12.8 Å². The van der Waals surface area contributed by atoms with Crippen molar-refractivity contribution in [2.24, 2.45) is 0 Å². The molecule has 0 spiro atoms. The van der Waals surface area contributed by atoms with Gasteiger partial charge in [-0.15, -0.1) is 0 Å². The zero-order valence-corrected chi connectivity index (χ0v) is 34.5. The molecule has 0 bridgehead atoms.